The van der Waals surface area contributed by atoms with E-state index in [1.807, 2.05) is 6.92 Å². The average molecular weight is 351 g/mol. The van der Waals surface area contributed by atoms with Crippen molar-refractivity contribution in [3.8, 4) is 0 Å². The van der Waals surface area contributed by atoms with Crippen molar-refractivity contribution in [2.45, 2.75) is 44.0 Å². The molecule has 0 radical (unpaired) electrons. The molecule has 7 heteroatoms. The number of halogens is 1. The van der Waals surface area contributed by atoms with E-state index in [2.05, 4.69) is 25.7 Å². The third kappa shape index (κ3) is 3.62. The van der Waals surface area contributed by atoms with Crippen LogP contribution in [0.2, 0.25) is 0 Å². The van der Waals surface area contributed by atoms with Crippen molar-refractivity contribution in [1.29, 1.82) is 0 Å². The minimum Gasteiger partial charge on any atom is -0.296 e. The molecule has 0 aromatic carbocycles. The Bertz CT molecular complexity index is 597. The van der Waals surface area contributed by atoms with Crippen LogP contribution in [-0.2, 0) is 15.9 Å². The van der Waals surface area contributed by atoms with E-state index in [0.29, 0.717) is 23.9 Å². The second kappa shape index (κ2) is 6.16. The number of aryl methyl sites for hydroxylation is 1. The third-order valence-corrected chi connectivity index (χ3v) is 7.51. The second-order valence-corrected chi connectivity index (χ2v) is 9.84. The van der Waals surface area contributed by atoms with Crippen LogP contribution < -0.4 is 0 Å². The lowest BCUT2D eigenvalue weighted by atomic mass is 10.1. The van der Waals surface area contributed by atoms with Gasteiger partial charge in [-0.2, -0.15) is 4.31 Å². The Morgan fingerprint density at radius 2 is 1.81 bits per heavy atom. The van der Waals surface area contributed by atoms with Crippen molar-refractivity contribution in [3.63, 3.8) is 0 Å². The van der Waals surface area contributed by atoms with E-state index in [1.54, 1.807) is 10.4 Å². The first-order valence-electron chi connectivity index (χ1n) is 7.06. The Hall–Kier alpha value is -0.140. The van der Waals surface area contributed by atoms with Gasteiger partial charge in [-0.15, -0.1) is 22.9 Å². The van der Waals surface area contributed by atoms with Gasteiger partial charge in [0.25, 0.3) is 0 Å². The number of alkyl halides is 1. The molecule has 0 amide bonds. The maximum Gasteiger partial charge on any atom is 0.244 e. The molecule has 1 aromatic heterocycles. The zero-order valence-corrected chi connectivity index (χ0v) is 15.4. The molecule has 120 valence electrons. The van der Waals surface area contributed by atoms with Crippen LogP contribution >= 0.6 is 22.9 Å². The summed E-state index contributed by atoms with van der Waals surface area (Å²) in [4.78, 5) is 4.47. The van der Waals surface area contributed by atoms with Gasteiger partial charge in [0.05, 0.1) is 10.8 Å². The molecule has 2 rings (SSSR count). The molecule has 1 aliphatic heterocycles. The molecule has 0 bridgehead atoms. The van der Waals surface area contributed by atoms with Gasteiger partial charge in [0.1, 0.15) is 0 Å². The summed E-state index contributed by atoms with van der Waals surface area (Å²) >= 11 is 7.27. The third-order valence-electron chi connectivity index (χ3n) is 3.86. The first-order chi connectivity index (χ1) is 9.66. The number of piperazine rings is 1. The quantitative estimate of drug-likeness (QED) is 0.787. The molecule has 0 unspecified atom stereocenters. The highest BCUT2D eigenvalue weighted by Crippen LogP contribution is 2.30. The van der Waals surface area contributed by atoms with Crippen molar-refractivity contribution >= 4 is 33.0 Å². The fourth-order valence-electron chi connectivity index (χ4n) is 2.58. The van der Waals surface area contributed by atoms with Crippen LogP contribution in [0.15, 0.2) is 11.0 Å². The molecule has 0 aliphatic carbocycles. The summed E-state index contributed by atoms with van der Waals surface area (Å²) in [7, 11) is -3.39. The summed E-state index contributed by atoms with van der Waals surface area (Å²) in [5, 5.41) is 0. The Morgan fingerprint density at radius 1 is 1.24 bits per heavy atom. The van der Waals surface area contributed by atoms with Crippen LogP contribution in [-0.4, -0.2) is 49.3 Å². The lowest BCUT2D eigenvalue weighted by molar-refractivity contribution is 0.0922. The minimum atomic E-state index is -3.39. The average Bonchev–Trinajstić information content (AvgIpc) is 2.80. The van der Waals surface area contributed by atoms with Crippen LogP contribution in [0.3, 0.4) is 0 Å². The van der Waals surface area contributed by atoms with Crippen molar-refractivity contribution in [2.24, 2.45) is 0 Å². The number of hydrogen-bond acceptors (Lipinski definition) is 4. The van der Waals surface area contributed by atoms with Crippen LogP contribution in [0.1, 0.15) is 30.5 Å². The van der Waals surface area contributed by atoms with Crippen molar-refractivity contribution in [2.75, 3.05) is 26.2 Å². The number of hydrogen-bond donors (Lipinski definition) is 0. The number of nitrogens with zero attached hydrogens (tertiary/aromatic N) is 2. The highest BCUT2D eigenvalue weighted by Gasteiger charge is 2.33. The Kier molecular flexibility index (Phi) is 5.05. The van der Waals surface area contributed by atoms with E-state index in [0.717, 1.165) is 22.8 Å². The van der Waals surface area contributed by atoms with E-state index in [9.17, 15) is 8.42 Å². The first-order valence-corrected chi connectivity index (χ1v) is 9.86. The first kappa shape index (κ1) is 17.2. The molecule has 0 saturated carbocycles. The van der Waals surface area contributed by atoms with Crippen molar-refractivity contribution < 1.29 is 8.42 Å². The zero-order chi connectivity index (χ0) is 15.8. The van der Waals surface area contributed by atoms with Gasteiger partial charge < -0.3 is 0 Å². The van der Waals surface area contributed by atoms with Gasteiger partial charge in [-0.1, -0.05) is 0 Å². The normalized spacial score (nSPS) is 19.1. The zero-order valence-electron chi connectivity index (χ0n) is 13.0. The maximum absolute atomic E-state index is 12.8. The van der Waals surface area contributed by atoms with Crippen molar-refractivity contribution in [3.05, 3.63) is 15.8 Å². The van der Waals surface area contributed by atoms with Gasteiger partial charge in [0, 0.05) is 41.5 Å². The largest absolute Gasteiger partial charge is 0.296 e. The predicted octanol–water partition coefficient (Wildman–Crippen LogP) is 2.90. The molecular formula is C14H23ClN2O2S2. The fourth-order valence-corrected chi connectivity index (χ4v) is 5.70. The maximum atomic E-state index is 12.8. The summed E-state index contributed by atoms with van der Waals surface area (Å²) in [6.45, 7) is 11.0. The van der Waals surface area contributed by atoms with Gasteiger partial charge in [0.2, 0.25) is 10.0 Å². The summed E-state index contributed by atoms with van der Waals surface area (Å²) in [6.07, 6.45) is 0. The van der Waals surface area contributed by atoms with Crippen LogP contribution in [0.25, 0.3) is 0 Å². The smallest absolute Gasteiger partial charge is 0.244 e. The minimum absolute atomic E-state index is 0.0833. The van der Waals surface area contributed by atoms with E-state index in [-0.39, 0.29) is 5.54 Å². The molecule has 4 nitrogen and oxygen atoms in total. The van der Waals surface area contributed by atoms with Crippen LogP contribution in [0, 0.1) is 6.92 Å². The lowest BCUT2D eigenvalue weighted by Crippen LogP contribution is -2.54. The lowest BCUT2D eigenvalue weighted by Gasteiger charge is -2.41. The monoisotopic (exact) mass is 350 g/mol. The number of sulfonamides is 1. The molecular weight excluding hydrogens is 328 g/mol. The molecule has 0 atom stereocenters. The van der Waals surface area contributed by atoms with Gasteiger partial charge in [-0.25, -0.2) is 8.42 Å². The van der Waals surface area contributed by atoms with Crippen LogP contribution in [0.4, 0.5) is 0 Å². The van der Waals surface area contributed by atoms with E-state index >= 15 is 0 Å². The summed E-state index contributed by atoms with van der Waals surface area (Å²) in [5.41, 5.74) is 0.0833. The topological polar surface area (TPSA) is 40.6 Å². The SMILES string of the molecule is Cc1sc(CCl)cc1S(=O)(=O)N1CCN(C(C)(C)C)CC1. The molecule has 1 saturated heterocycles. The van der Waals surface area contributed by atoms with E-state index in [1.165, 1.54) is 11.3 Å². The summed E-state index contributed by atoms with van der Waals surface area (Å²) in [5.74, 6) is 0.360. The van der Waals surface area contributed by atoms with Crippen LogP contribution in [0.5, 0.6) is 0 Å². The molecule has 1 aliphatic rings. The van der Waals surface area contributed by atoms with Gasteiger partial charge in [-0.3, -0.25) is 4.90 Å². The number of rotatable bonds is 3. The van der Waals surface area contributed by atoms with Gasteiger partial charge in [-0.05, 0) is 33.8 Å². The molecule has 2 heterocycles. The summed E-state index contributed by atoms with van der Waals surface area (Å²) in [6, 6.07) is 1.72. The summed E-state index contributed by atoms with van der Waals surface area (Å²) < 4.78 is 27.1. The molecule has 21 heavy (non-hydrogen) atoms. The Morgan fingerprint density at radius 3 is 2.24 bits per heavy atom. The van der Waals surface area contributed by atoms with E-state index < -0.39 is 10.0 Å². The standard InChI is InChI=1S/C14H23ClN2O2S2/c1-11-13(9-12(10-15)20-11)21(18,19)17-7-5-16(6-8-17)14(2,3)4/h9H,5-8,10H2,1-4H3. The highest BCUT2D eigenvalue weighted by atomic mass is 35.5. The fraction of sp³-hybridized carbons (Fsp3) is 0.714. The Balaban J connectivity index is 2.17. The number of thiophene rings is 1. The molecule has 1 aromatic rings. The van der Waals surface area contributed by atoms with Gasteiger partial charge >= 0.3 is 0 Å². The van der Waals surface area contributed by atoms with Crippen molar-refractivity contribution in [1.82, 2.24) is 9.21 Å². The highest BCUT2D eigenvalue weighted by molar-refractivity contribution is 7.89. The molecule has 1 fully saturated rings. The molecule has 0 N–H and O–H groups in total. The predicted molar refractivity (Wildman–Crippen MR) is 88.7 cm³/mol. The second-order valence-electron chi connectivity index (χ2n) is 6.33. The Labute approximate surface area is 136 Å². The van der Waals surface area contributed by atoms with Gasteiger partial charge in [0.15, 0.2) is 0 Å². The molecule has 0 spiro atoms. The van der Waals surface area contributed by atoms with E-state index in [4.69, 9.17) is 11.6 Å².